The average molecular weight is 440 g/mol. The molecule has 0 bridgehead atoms. The van der Waals surface area contributed by atoms with E-state index in [9.17, 15) is 13.2 Å². The smallest absolute Gasteiger partial charge is 0.340 e. The molecular weight excluding hydrogens is 422 g/mol. The Morgan fingerprint density at radius 2 is 2.00 bits per heavy atom. The molecule has 12 heteroatoms. The number of halogens is 1. The largest absolute Gasteiger partial charge is 0.481 e. The number of aryl methyl sites for hydroxylation is 1. The second-order valence-electron chi connectivity index (χ2n) is 5.99. The molecule has 154 valence electrons. The zero-order valence-electron chi connectivity index (χ0n) is 16.1. The van der Waals surface area contributed by atoms with E-state index in [0.29, 0.717) is 17.0 Å². The van der Waals surface area contributed by atoms with Gasteiger partial charge in [0.2, 0.25) is 5.88 Å². The summed E-state index contributed by atoms with van der Waals surface area (Å²) >= 11 is 6.11. The maximum atomic E-state index is 12.9. The number of rotatable bonds is 6. The van der Waals surface area contributed by atoms with Crippen molar-refractivity contribution in [3.8, 4) is 5.88 Å². The Morgan fingerprint density at radius 3 is 2.66 bits per heavy atom. The molecule has 10 nitrogen and oxygen atoms in total. The van der Waals surface area contributed by atoms with Gasteiger partial charge in [0, 0.05) is 16.8 Å². The van der Waals surface area contributed by atoms with Crippen molar-refractivity contribution in [3.05, 3.63) is 40.0 Å². The molecule has 3 rings (SSSR count). The molecule has 0 aliphatic heterocycles. The SMILES string of the molecule is CCOC(=O)c1ccc(Cl)c(C)c1NS(=O)(=O)c1nc2nc(OC)c(C)cn2n1. The normalized spacial score (nSPS) is 11.5. The number of carbonyl (C=O) groups is 1. The number of carbonyl (C=O) groups excluding carboxylic acids is 1. The lowest BCUT2D eigenvalue weighted by atomic mass is 10.1. The van der Waals surface area contributed by atoms with Crippen LogP contribution in [0.1, 0.15) is 28.4 Å². The molecule has 0 fully saturated rings. The molecule has 0 radical (unpaired) electrons. The van der Waals surface area contributed by atoms with Crippen molar-refractivity contribution in [2.75, 3.05) is 18.4 Å². The quantitative estimate of drug-likeness (QED) is 0.580. The Labute approximate surface area is 171 Å². The molecule has 1 N–H and O–H groups in total. The van der Waals surface area contributed by atoms with E-state index in [-0.39, 0.29) is 28.7 Å². The Kier molecular flexibility index (Phi) is 5.62. The van der Waals surface area contributed by atoms with Crippen LogP contribution in [0.15, 0.2) is 23.5 Å². The van der Waals surface area contributed by atoms with Gasteiger partial charge in [-0.2, -0.15) is 18.4 Å². The molecule has 0 aliphatic rings. The Hall–Kier alpha value is -2.92. The number of anilines is 1. The Morgan fingerprint density at radius 1 is 1.28 bits per heavy atom. The predicted molar refractivity (Wildman–Crippen MR) is 105 cm³/mol. The van der Waals surface area contributed by atoms with E-state index < -0.39 is 21.1 Å². The minimum atomic E-state index is -4.26. The van der Waals surface area contributed by atoms with Crippen LogP contribution in [0.2, 0.25) is 5.02 Å². The van der Waals surface area contributed by atoms with Gasteiger partial charge in [0.15, 0.2) is 0 Å². The molecule has 2 heterocycles. The molecule has 29 heavy (non-hydrogen) atoms. The van der Waals surface area contributed by atoms with Crippen LogP contribution in [-0.4, -0.2) is 47.7 Å². The molecule has 0 spiro atoms. The third-order valence-corrected chi connectivity index (χ3v) is 5.55. The third-order valence-electron chi connectivity index (χ3n) is 4.01. The van der Waals surface area contributed by atoms with Crippen LogP contribution in [0.3, 0.4) is 0 Å². The minimum Gasteiger partial charge on any atom is -0.481 e. The Balaban J connectivity index is 2.07. The van der Waals surface area contributed by atoms with Gasteiger partial charge in [0.1, 0.15) is 0 Å². The van der Waals surface area contributed by atoms with E-state index in [1.807, 2.05) is 0 Å². The maximum Gasteiger partial charge on any atom is 0.340 e. The van der Waals surface area contributed by atoms with E-state index in [4.69, 9.17) is 21.1 Å². The lowest BCUT2D eigenvalue weighted by Gasteiger charge is -2.14. The Bertz CT molecular complexity index is 1210. The van der Waals surface area contributed by atoms with Gasteiger partial charge in [0.05, 0.1) is 25.0 Å². The molecule has 3 aromatic rings. The van der Waals surface area contributed by atoms with Gasteiger partial charge in [-0.1, -0.05) is 11.6 Å². The van der Waals surface area contributed by atoms with Gasteiger partial charge in [-0.15, -0.1) is 5.10 Å². The van der Waals surface area contributed by atoms with Gasteiger partial charge in [-0.3, -0.25) is 4.72 Å². The van der Waals surface area contributed by atoms with Crippen molar-refractivity contribution >= 4 is 39.1 Å². The molecule has 0 atom stereocenters. The van der Waals surface area contributed by atoms with Gasteiger partial charge in [-0.05, 0) is 38.5 Å². The number of hydrogen-bond donors (Lipinski definition) is 1. The molecule has 2 aromatic heterocycles. The molecule has 0 saturated heterocycles. The van der Waals surface area contributed by atoms with Crippen molar-refractivity contribution in [1.82, 2.24) is 19.6 Å². The van der Waals surface area contributed by atoms with Crippen LogP contribution in [0.25, 0.3) is 5.78 Å². The molecule has 0 amide bonds. The summed E-state index contributed by atoms with van der Waals surface area (Å²) in [6.07, 6.45) is 1.54. The summed E-state index contributed by atoms with van der Waals surface area (Å²) < 4.78 is 39.5. The highest BCUT2D eigenvalue weighted by Crippen LogP contribution is 2.30. The van der Waals surface area contributed by atoms with Crippen LogP contribution < -0.4 is 9.46 Å². The average Bonchev–Trinajstić information content (AvgIpc) is 3.08. The molecular formula is C17H18ClN5O5S. The number of hydrogen-bond acceptors (Lipinski definition) is 8. The fourth-order valence-corrected chi connectivity index (χ4v) is 3.75. The standard InChI is InChI=1S/C17H18ClN5O5S/c1-5-28-15(24)11-6-7-12(18)10(3)13(11)22-29(25,26)17-20-16-19-14(27-4)9(2)8-23(16)21-17/h6-8,22H,5H2,1-4H3. The van der Waals surface area contributed by atoms with E-state index >= 15 is 0 Å². The summed E-state index contributed by atoms with van der Waals surface area (Å²) in [6.45, 7) is 5.10. The number of aromatic nitrogens is 4. The van der Waals surface area contributed by atoms with Gasteiger partial charge in [0.25, 0.3) is 21.0 Å². The topological polar surface area (TPSA) is 125 Å². The number of esters is 1. The van der Waals surface area contributed by atoms with Crippen molar-refractivity contribution in [2.45, 2.75) is 25.9 Å². The summed E-state index contributed by atoms with van der Waals surface area (Å²) in [5.41, 5.74) is 1.03. The third kappa shape index (κ3) is 3.96. The molecule has 0 aliphatic carbocycles. The number of sulfonamides is 1. The van der Waals surface area contributed by atoms with Gasteiger partial charge in [-0.25, -0.2) is 9.31 Å². The number of methoxy groups -OCH3 is 1. The van der Waals surface area contributed by atoms with E-state index in [0.717, 1.165) is 0 Å². The number of nitrogens with one attached hydrogen (secondary N) is 1. The summed E-state index contributed by atoms with van der Waals surface area (Å²) in [4.78, 5) is 20.3. The fourth-order valence-electron chi connectivity index (χ4n) is 2.57. The molecule has 0 unspecified atom stereocenters. The zero-order chi connectivity index (χ0) is 21.3. The monoisotopic (exact) mass is 439 g/mol. The van der Waals surface area contributed by atoms with Crippen LogP contribution in [0.4, 0.5) is 5.69 Å². The second-order valence-corrected chi connectivity index (χ2v) is 7.98. The minimum absolute atomic E-state index is 0.00322. The summed E-state index contributed by atoms with van der Waals surface area (Å²) in [7, 11) is -2.81. The summed E-state index contributed by atoms with van der Waals surface area (Å²) in [5, 5.41) is 3.72. The van der Waals surface area contributed by atoms with Crippen molar-refractivity contribution in [3.63, 3.8) is 0 Å². The summed E-state index contributed by atoms with van der Waals surface area (Å²) in [6, 6.07) is 2.88. The lowest BCUT2D eigenvalue weighted by Crippen LogP contribution is -2.19. The number of ether oxygens (including phenoxy) is 2. The second kappa shape index (κ2) is 7.84. The van der Waals surface area contributed by atoms with Crippen LogP contribution in [0, 0.1) is 13.8 Å². The number of benzene rings is 1. The van der Waals surface area contributed by atoms with Gasteiger partial charge >= 0.3 is 5.97 Å². The van der Waals surface area contributed by atoms with Crippen LogP contribution in [-0.2, 0) is 14.8 Å². The van der Waals surface area contributed by atoms with E-state index in [1.54, 1.807) is 27.0 Å². The zero-order valence-corrected chi connectivity index (χ0v) is 17.6. The van der Waals surface area contributed by atoms with Crippen molar-refractivity contribution in [2.24, 2.45) is 0 Å². The molecule has 1 aromatic carbocycles. The molecule has 0 saturated carbocycles. The summed E-state index contributed by atoms with van der Waals surface area (Å²) in [5.74, 6) is -0.340. The number of fused-ring (bicyclic) bond motifs is 1. The highest BCUT2D eigenvalue weighted by atomic mass is 35.5. The van der Waals surface area contributed by atoms with Crippen LogP contribution in [0.5, 0.6) is 5.88 Å². The van der Waals surface area contributed by atoms with Crippen LogP contribution >= 0.6 is 11.6 Å². The fraction of sp³-hybridized carbons (Fsp3) is 0.294. The first-order valence-electron chi connectivity index (χ1n) is 8.45. The van der Waals surface area contributed by atoms with E-state index in [2.05, 4.69) is 19.8 Å². The predicted octanol–water partition coefficient (Wildman–Crippen LogP) is 2.38. The maximum absolute atomic E-state index is 12.9. The van der Waals surface area contributed by atoms with Crippen molar-refractivity contribution < 1.29 is 22.7 Å². The first kappa shape index (κ1) is 20.8. The first-order valence-corrected chi connectivity index (χ1v) is 10.3. The van der Waals surface area contributed by atoms with Gasteiger partial charge < -0.3 is 9.47 Å². The first-order chi connectivity index (χ1) is 13.7. The van der Waals surface area contributed by atoms with E-state index in [1.165, 1.54) is 23.8 Å². The van der Waals surface area contributed by atoms with Crippen molar-refractivity contribution in [1.29, 1.82) is 0 Å². The number of nitrogens with zero attached hydrogens (tertiary/aromatic N) is 4. The lowest BCUT2D eigenvalue weighted by molar-refractivity contribution is 0.0527. The highest BCUT2D eigenvalue weighted by molar-refractivity contribution is 7.92. The highest BCUT2D eigenvalue weighted by Gasteiger charge is 2.26.